The number of nitrogens with zero attached hydrogens (tertiary/aromatic N) is 4. The summed E-state index contributed by atoms with van der Waals surface area (Å²) in [4.78, 5) is 23.0. The molecule has 3 N–H and O–H groups in total. The van der Waals surface area contributed by atoms with E-state index in [4.69, 9.17) is 4.98 Å². The van der Waals surface area contributed by atoms with Crippen LogP contribution in [-0.2, 0) is 6.18 Å². The summed E-state index contributed by atoms with van der Waals surface area (Å²) in [5.74, 6) is -0.0296. The number of carbonyl (C=O) groups excluding carboxylic acids is 1. The summed E-state index contributed by atoms with van der Waals surface area (Å²) >= 11 is 0. The van der Waals surface area contributed by atoms with Crippen molar-refractivity contribution in [1.82, 2.24) is 19.8 Å². The average Bonchev–Trinajstić information content (AvgIpc) is 3.38. The normalized spacial score (nSPS) is 22.9. The fourth-order valence-corrected chi connectivity index (χ4v) is 6.85. The second-order valence-corrected chi connectivity index (χ2v) is 11.9. The van der Waals surface area contributed by atoms with Crippen molar-refractivity contribution in [3.8, 4) is 0 Å². The Balaban J connectivity index is 1.26. The van der Waals surface area contributed by atoms with E-state index in [1.165, 1.54) is 25.0 Å². The Kier molecular flexibility index (Phi) is 8.42. The minimum absolute atomic E-state index is 0.0639. The Labute approximate surface area is 243 Å². The molecule has 0 atom stereocenters. The molecule has 11 heteroatoms. The molecule has 0 unspecified atom stereocenters. The van der Waals surface area contributed by atoms with Gasteiger partial charge in [0, 0.05) is 56.1 Å². The minimum atomic E-state index is -4.54. The van der Waals surface area contributed by atoms with Crippen LogP contribution in [0.2, 0.25) is 0 Å². The maximum Gasteiger partial charge on any atom is 0.416 e. The first-order valence-corrected chi connectivity index (χ1v) is 15.1. The van der Waals surface area contributed by atoms with Crippen LogP contribution in [-0.4, -0.2) is 77.4 Å². The molecule has 2 aliphatic heterocycles. The van der Waals surface area contributed by atoms with Crippen molar-refractivity contribution in [2.45, 2.75) is 56.8 Å². The standard InChI is InChI=1S/C31H39F3N6O2/c32-31(33,34)23-3-1-2-22(18-23)29(42)37-30-36-27-19-26(39-16-14-38(15-17-39)24-10-12-35-13-11-24)8-9-28(27)40(30)25-6-4-21(20-41)5-7-25/h1-3,8-9,18-19,21,24-25,35,41H,4-7,10-17,20H2,(H,36,37,42). The van der Waals surface area contributed by atoms with Crippen molar-refractivity contribution in [3.63, 3.8) is 0 Å². The summed E-state index contributed by atoms with van der Waals surface area (Å²) in [7, 11) is 0. The van der Waals surface area contributed by atoms with Gasteiger partial charge in [-0.3, -0.25) is 15.0 Å². The van der Waals surface area contributed by atoms with Gasteiger partial charge in [-0.1, -0.05) is 6.07 Å². The van der Waals surface area contributed by atoms with Crippen molar-refractivity contribution < 1.29 is 23.1 Å². The van der Waals surface area contributed by atoms with Crippen molar-refractivity contribution in [3.05, 3.63) is 53.6 Å². The lowest BCUT2D eigenvalue weighted by atomic mass is 9.86. The van der Waals surface area contributed by atoms with E-state index in [1.807, 2.05) is 4.57 Å². The molecule has 2 saturated heterocycles. The molecule has 8 nitrogen and oxygen atoms in total. The van der Waals surface area contributed by atoms with Crippen molar-refractivity contribution in [2.24, 2.45) is 5.92 Å². The number of piperazine rings is 1. The Hall–Kier alpha value is -3.15. The number of anilines is 2. The van der Waals surface area contributed by atoms with E-state index in [2.05, 4.69) is 38.6 Å². The molecule has 1 saturated carbocycles. The molecule has 3 aromatic rings. The molecule has 0 bridgehead atoms. The molecule has 0 radical (unpaired) electrons. The molecule has 3 aliphatic rings. The van der Waals surface area contributed by atoms with Gasteiger partial charge in [0.05, 0.1) is 16.6 Å². The van der Waals surface area contributed by atoms with E-state index >= 15 is 0 Å². The zero-order chi connectivity index (χ0) is 29.3. The molecule has 1 amide bonds. The lowest BCUT2D eigenvalue weighted by Crippen LogP contribution is -2.52. The molecular formula is C31H39F3N6O2. The third-order valence-electron chi connectivity index (χ3n) is 9.29. The number of amides is 1. The van der Waals surface area contributed by atoms with Gasteiger partial charge in [-0.25, -0.2) is 4.98 Å². The number of imidazole rings is 1. The van der Waals surface area contributed by atoms with Crippen LogP contribution in [0, 0.1) is 5.92 Å². The molecule has 0 spiro atoms. The number of fused-ring (bicyclic) bond motifs is 1. The molecule has 226 valence electrons. The fourth-order valence-electron chi connectivity index (χ4n) is 6.85. The molecule has 3 fully saturated rings. The largest absolute Gasteiger partial charge is 0.416 e. The first-order valence-electron chi connectivity index (χ1n) is 15.1. The highest BCUT2D eigenvalue weighted by Gasteiger charge is 2.32. The van der Waals surface area contributed by atoms with Gasteiger partial charge in [0.2, 0.25) is 5.95 Å². The highest BCUT2D eigenvalue weighted by Crippen LogP contribution is 2.38. The summed E-state index contributed by atoms with van der Waals surface area (Å²) in [6.45, 7) is 6.22. The molecule has 1 aliphatic carbocycles. The average molecular weight is 585 g/mol. The van der Waals surface area contributed by atoms with Crippen LogP contribution >= 0.6 is 0 Å². The van der Waals surface area contributed by atoms with Gasteiger partial charge < -0.3 is 19.9 Å². The molecule has 42 heavy (non-hydrogen) atoms. The summed E-state index contributed by atoms with van der Waals surface area (Å²) in [5, 5.41) is 15.9. The third-order valence-corrected chi connectivity index (χ3v) is 9.29. The smallest absolute Gasteiger partial charge is 0.396 e. The van der Waals surface area contributed by atoms with E-state index in [9.17, 15) is 23.1 Å². The number of hydrogen-bond acceptors (Lipinski definition) is 6. The van der Waals surface area contributed by atoms with Crippen LogP contribution in [0.5, 0.6) is 0 Å². The van der Waals surface area contributed by atoms with E-state index in [0.717, 1.165) is 93.8 Å². The van der Waals surface area contributed by atoms with E-state index in [1.54, 1.807) is 0 Å². The summed E-state index contributed by atoms with van der Waals surface area (Å²) in [5.41, 5.74) is 1.78. The number of hydrogen-bond donors (Lipinski definition) is 3. The maximum atomic E-state index is 13.3. The topological polar surface area (TPSA) is 85.7 Å². The third kappa shape index (κ3) is 6.14. The zero-order valence-corrected chi connectivity index (χ0v) is 23.7. The van der Waals surface area contributed by atoms with Crippen LogP contribution in [0.25, 0.3) is 11.0 Å². The van der Waals surface area contributed by atoms with Gasteiger partial charge in [0.25, 0.3) is 5.91 Å². The van der Waals surface area contributed by atoms with Gasteiger partial charge in [-0.2, -0.15) is 13.2 Å². The first-order chi connectivity index (χ1) is 20.3. The molecule has 6 rings (SSSR count). The number of nitrogens with one attached hydrogen (secondary N) is 2. The monoisotopic (exact) mass is 584 g/mol. The number of carbonyl (C=O) groups is 1. The van der Waals surface area contributed by atoms with Gasteiger partial charge in [-0.05, 0) is 93.9 Å². The maximum absolute atomic E-state index is 13.3. The lowest BCUT2D eigenvalue weighted by Gasteiger charge is -2.41. The molecule has 2 aromatic carbocycles. The highest BCUT2D eigenvalue weighted by atomic mass is 19.4. The van der Waals surface area contributed by atoms with E-state index < -0.39 is 17.6 Å². The Morgan fingerprint density at radius 1 is 0.952 bits per heavy atom. The highest BCUT2D eigenvalue weighted by molar-refractivity contribution is 6.04. The number of piperidine rings is 1. The SMILES string of the molecule is O=C(Nc1nc2cc(N3CCN(C4CCNCC4)CC3)ccc2n1C1CCC(CO)CC1)c1cccc(C(F)(F)F)c1. The minimum Gasteiger partial charge on any atom is -0.396 e. The number of aliphatic hydroxyl groups is 1. The van der Waals surface area contributed by atoms with Crippen LogP contribution < -0.4 is 15.5 Å². The van der Waals surface area contributed by atoms with Gasteiger partial charge in [-0.15, -0.1) is 0 Å². The summed E-state index contributed by atoms with van der Waals surface area (Å²) in [6.07, 6.45) is 1.22. The number of alkyl halides is 3. The first kappa shape index (κ1) is 28.9. The predicted octanol–water partition coefficient (Wildman–Crippen LogP) is 4.91. The number of benzene rings is 2. The van der Waals surface area contributed by atoms with Gasteiger partial charge in [0.15, 0.2) is 0 Å². The lowest BCUT2D eigenvalue weighted by molar-refractivity contribution is -0.137. The number of halogens is 3. The Bertz CT molecular complexity index is 1390. The number of rotatable bonds is 6. The number of aliphatic hydroxyl groups excluding tert-OH is 1. The molecular weight excluding hydrogens is 545 g/mol. The Morgan fingerprint density at radius 3 is 2.38 bits per heavy atom. The second kappa shape index (κ2) is 12.2. The van der Waals surface area contributed by atoms with Crippen LogP contribution in [0.1, 0.15) is 60.5 Å². The summed E-state index contributed by atoms with van der Waals surface area (Å²) in [6, 6.07) is 11.4. The van der Waals surface area contributed by atoms with Crippen LogP contribution in [0.15, 0.2) is 42.5 Å². The van der Waals surface area contributed by atoms with Gasteiger partial charge >= 0.3 is 6.18 Å². The predicted molar refractivity (Wildman–Crippen MR) is 157 cm³/mol. The summed E-state index contributed by atoms with van der Waals surface area (Å²) < 4.78 is 41.9. The molecule has 3 heterocycles. The second-order valence-electron chi connectivity index (χ2n) is 11.9. The van der Waals surface area contributed by atoms with Crippen LogP contribution in [0.4, 0.5) is 24.8 Å². The van der Waals surface area contributed by atoms with Gasteiger partial charge in [0.1, 0.15) is 0 Å². The van der Waals surface area contributed by atoms with Crippen molar-refractivity contribution >= 4 is 28.6 Å². The zero-order valence-electron chi connectivity index (χ0n) is 23.7. The van der Waals surface area contributed by atoms with Crippen molar-refractivity contribution in [2.75, 3.05) is 56.1 Å². The Morgan fingerprint density at radius 2 is 1.69 bits per heavy atom. The van der Waals surface area contributed by atoms with Crippen LogP contribution in [0.3, 0.4) is 0 Å². The molecule has 1 aromatic heterocycles. The van der Waals surface area contributed by atoms with Crippen molar-refractivity contribution in [1.29, 1.82) is 0 Å². The number of aromatic nitrogens is 2. The van der Waals surface area contributed by atoms with E-state index in [0.29, 0.717) is 12.0 Å². The quantitative estimate of drug-likeness (QED) is 0.382. The van der Waals surface area contributed by atoms with E-state index in [-0.39, 0.29) is 24.1 Å². The fraction of sp³-hybridized carbons (Fsp3) is 0.548.